The second-order valence-electron chi connectivity index (χ2n) is 4.95. The molecule has 1 heteroatoms. The third kappa shape index (κ3) is 2.60. The van der Waals surface area contributed by atoms with Crippen LogP contribution in [0.2, 0.25) is 0 Å². The molecule has 0 aromatic heterocycles. The van der Waals surface area contributed by atoms with Crippen molar-refractivity contribution in [3.63, 3.8) is 0 Å². The minimum atomic E-state index is 0.595. The Morgan fingerprint density at radius 1 is 1.33 bits per heavy atom. The molecule has 0 spiro atoms. The standard InChI is InChI=1S/C14H21N/c1-11(2)10-15-14-9-5-7-12-6-3-4-8-13(12)14/h3-4,6,8,11,14-15H,5,7,9-10H2,1-2H3/t14-/m1/s1. The molecule has 15 heavy (non-hydrogen) atoms. The first-order valence-electron chi connectivity index (χ1n) is 6.08. The van der Waals surface area contributed by atoms with Crippen molar-refractivity contribution >= 4 is 0 Å². The normalized spacial score (nSPS) is 20.3. The van der Waals surface area contributed by atoms with Gasteiger partial charge in [-0.3, -0.25) is 0 Å². The molecule has 0 fully saturated rings. The van der Waals surface area contributed by atoms with E-state index >= 15 is 0 Å². The average Bonchev–Trinajstić information content (AvgIpc) is 2.26. The fourth-order valence-corrected chi connectivity index (χ4v) is 2.34. The Labute approximate surface area is 92.9 Å². The molecule has 82 valence electrons. The number of hydrogen-bond acceptors (Lipinski definition) is 1. The van der Waals surface area contributed by atoms with Crippen molar-refractivity contribution < 1.29 is 0 Å². The molecular weight excluding hydrogens is 182 g/mol. The summed E-state index contributed by atoms with van der Waals surface area (Å²) in [5, 5.41) is 3.68. The largest absolute Gasteiger partial charge is 0.310 e. The van der Waals surface area contributed by atoms with Crippen LogP contribution in [0.3, 0.4) is 0 Å². The quantitative estimate of drug-likeness (QED) is 0.794. The van der Waals surface area contributed by atoms with Gasteiger partial charge in [0.05, 0.1) is 0 Å². The monoisotopic (exact) mass is 203 g/mol. The Bertz CT molecular complexity index is 317. The van der Waals surface area contributed by atoms with Gasteiger partial charge in [0.1, 0.15) is 0 Å². The molecule has 1 aliphatic rings. The maximum atomic E-state index is 3.68. The van der Waals surface area contributed by atoms with Crippen LogP contribution in [-0.2, 0) is 6.42 Å². The van der Waals surface area contributed by atoms with E-state index in [1.165, 1.54) is 24.8 Å². The van der Waals surface area contributed by atoms with Crippen LogP contribution < -0.4 is 5.32 Å². The van der Waals surface area contributed by atoms with Crippen LogP contribution >= 0.6 is 0 Å². The van der Waals surface area contributed by atoms with E-state index in [-0.39, 0.29) is 0 Å². The smallest absolute Gasteiger partial charge is 0.0323 e. The highest BCUT2D eigenvalue weighted by Crippen LogP contribution is 2.29. The Hall–Kier alpha value is -0.820. The number of nitrogens with one attached hydrogen (secondary N) is 1. The van der Waals surface area contributed by atoms with Crippen molar-refractivity contribution in [2.24, 2.45) is 5.92 Å². The lowest BCUT2D eigenvalue weighted by Crippen LogP contribution is -2.28. The predicted octanol–water partition coefficient (Wildman–Crippen LogP) is 3.31. The van der Waals surface area contributed by atoms with Crippen molar-refractivity contribution in [2.45, 2.75) is 39.2 Å². The van der Waals surface area contributed by atoms with E-state index in [1.54, 1.807) is 5.56 Å². The molecule has 0 radical (unpaired) electrons. The van der Waals surface area contributed by atoms with Gasteiger partial charge in [0.25, 0.3) is 0 Å². The number of fused-ring (bicyclic) bond motifs is 1. The molecule has 1 aliphatic carbocycles. The van der Waals surface area contributed by atoms with E-state index in [0.29, 0.717) is 6.04 Å². The van der Waals surface area contributed by atoms with Crippen LogP contribution in [0.4, 0.5) is 0 Å². The van der Waals surface area contributed by atoms with Crippen molar-refractivity contribution in [1.82, 2.24) is 5.32 Å². The fraction of sp³-hybridized carbons (Fsp3) is 0.571. The Morgan fingerprint density at radius 3 is 2.93 bits per heavy atom. The lowest BCUT2D eigenvalue weighted by molar-refractivity contribution is 0.427. The SMILES string of the molecule is CC(C)CN[C@@H]1CCCc2ccccc21. The average molecular weight is 203 g/mol. The first-order valence-corrected chi connectivity index (χ1v) is 6.08. The third-order valence-corrected chi connectivity index (χ3v) is 3.14. The summed E-state index contributed by atoms with van der Waals surface area (Å²) in [5.74, 6) is 0.735. The highest BCUT2D eigenvalue weighted by molar-refractivity contribution is 5.32. The summed E-state index contributed by atoms with van der Waals surface area (Å²) in [6, 6.07) is 9.47. The summed E-state index contributed by atoms with van der Waals surface area (Å²) in [4.78, 5) is 0. The van der Waals surface area contributed by atoms with E-state index in [2.05, 4.69) is 43.4 Å². The minimum Gasteiger partial charge on any atom is -0.310 e. The van der Waals surface area contributed by atoms with Gasteiger partial charge in [0.2, 0.25) is 0 Å². The van der Waals surface area contributed by atoms with Gasteiger partial charge in [0.15, 0.2) is 0 Å². The number of hydrogen-bond donors (Lipinski definition) is 1. The maximum Gasteiger partial charge on any atom is 0.0323 e. The number of rotatable bonds is 3. The first-order chi connectivity index (χ1) is 7.27. The van der Waals surface area contributed by atoms with Crippen molar-refractivity contribution in [3.8, 4) is 0 Å². The highest BCUT2D eigenvalue weighted by Gasteiger charge is 2.18. The molecule has 0 amide bonds. The van der Waals surface area contributed by atoms with Crippen LogP contribution in [0.15, 0.2) is 24.3 Å². The molecule has 1 aromatic rings. The summed E-state index contributed by atoms with van der Waals surface area (Å²) in [6.45, 7) is 5.66. The van der Waals surface area contributed by atoms with Crippen molar-refractivity contribution in [2.75, 3.05) is 6.54 Å². The molecular formula is C14H21N. The van der Waals surface area contributed by atoms with Gasteiger partial charge in [-0.05, 0) is 42.9 Å². The molecule has 0 unspecified atom stereocenters. The topological polar surface area (TPSA) is 12.0 Å². The highest BCUT2D eigenvalue weighted by atomic mass is 14.9. The molecule has 2 rings (SSSR count). The Kier molecular flexibility index (Phi) is 3.42. The zero-order chi connectivity index (χ0) is 10.7. The van der Waals surface area contributed by atoms with Gasteiger partial charge < -0.3 is 5.32 Å². The molecule has 1 atom stereocenters. The molecule has 0 saturated carbocycles. The van der Waals surface area contributed by atoms with Crippen LogP contribution in [0.5, 0.6) is 0 Å². The van der Waals surface area contributed by atoms with Gasteiger partial charge in [-0.1, -0.05) is 38.1 Å². The Balaban J connectivity index is 2.08. The summed E-state index contributed by atoms with van der Waals surface area (Å²) in [7, 11) is 0. The molecule has 0 saturated heterocycles. The fourth-order valence-electron chi connectivity index (χ4n) is 2.34. The van der Waals surface area contributed by atoms with Gasteiger partial charge >= 0.3 is 0 Å². The zero-order valence-corrected chi connectivity index (χ0v) is 9.79. The predicted molar refractivity (Wildman–Crippen MR) is 65.0 cm³/mol. The first kappa shape index (κ1) is 10.7. The molecule has 0 bridgehead atoms. The van der Waals surface area contributed by atoms with E-state index in [4.69, 9.17) is 0 Å². The van der Waals surface area contributed by atoms with E-state index < -0.39 is 0 Å². The van der Waals surface area contributed by atoms with Crippen molar-refractivity contribution in [3.05, 3.63) is 35.4 Å². The molecule has 1 N–H and O–H groups in total. The zero-order valence-electron chi connectivity index (χ0n) is 9.79. The number of benzene rings is 1. The van der Waals surface area contributed by atoms with Gasteiger partial charge in [-0.25, -0.2) is 0 Å². The number of aryl methyl sites for hydroxylation is 1. The third-order valence-electron chi connectivity index (χ3n) is 3.14. The van der Waals surface area contributed by atoms with Crippen molar-refractivity contribution in [1.29, 1.82) is 0 Å². The lowest BCUT2D eigenvalue weighted by atomic mass is 9.87. The molecule has 1 nitrogen and oxygen atoms in total. The molecule has 0 heterocycles. The minimum absolute atomic E-state index is 0.595. The lowest BCUT2D eigenvalue weighted by Gasteiger charge is -2.27. The van der Waals surface area contributed by atoms with Gasteiger partial charge in [-0.15, -0.1) is 0 Å². The van der Waals surface area contributed by atoms with Crippen LogP contribution in [0.1, 0.15) is 43.9 Å². The van der Waals surface area contributed by atoms with E-state index in [1.807, 2.05) is 0 Å². The molecule has 0 aliphatic heterocycles. The summed E-state index contributed by atoms with van der Waals surface area (Å²) >= 11 is 0. The van der Waals surface area contributed by atoms with E-state index in [9.17, 15) is 0 Å². The second kappa shape index (κ2) is 4.80. The second-order valence-corrected chi connectivity index (χ2v) is 4.95. The Morgan fingerprint density at radius 2 is 2.13 bits per heavy atom. The van der Waals surface area contributed by atoms with Gasteiger partial charge in [-0.2, -0.15) is 0 Å². The maximum absolute atomic E-state index is 3.68. The summed E-state index contributed by atoms with van der Waals surface area (Å²) in [6.07, 6.45) is 3.88. The van der Waals surface area contributed by atoms with Crippen LogP contribution in [0.25, 0.3) is 0 Å². The summed E-state index contributed by atoms with van der Waals surface area (Å²) < 4.78 is 0. The molecule has 1 aromatic carbocycles. The van der Waals surface area contributed by atoms with Gasteiger partial charge in [0, 0.05) is 6.04 Å². The summed E-state index contributed by atoms with van der Waals surface area (Å²) in [5.41, 5.74) is 3.08. The van der Waals surface area contributed by atoms with E-state index in [0.717, 1.165) is 12.5 Å². The van der Waals surface area contributed by atoms with Crippen LogP contribution in [0, 0.1) is 5.92 Å². The van der Waals surface area contributed by atoms with Crippen LogP contribution in [-0.4, -0.2) is 6.54 Å².